The molecule has 0 unspecified atom stereocenters. The molecule has 52 heavy (non-hydrogen) atoms. The first-order chi connectivity index (χ1) is 25.8. The Morgan fingerprint density at radius 2 is 1.12 bits per heavy atom. The summed E-state index contributed by atoms with van der Waals surface area (Å²) in [5.41, 5.74) is 12.4. The Morgan fingerprint density at radius 3 is 1.92 bits per heavy atom. The third kappa shape index (κ3) is 4.28. The van der Waals surface area contributed by atoms with E-state index in [0.29, 0.717) is 5.95 Å². The van der Waals surface area contributed by atoms with Crippen LogP contribution >= 0.6 is 0 Å². The maximum Gasteiger partial charge on any atom is 0.235 e. The van der Waals surface area contributed by atoms with Crippen LogP contribution in [0.15, 0.2) is 164 Å². The van der Waals surface area contributed by atoms with E-state index in [1.54, 1.807) is 0 Å². The summed E-state index contributed by atoms with van der Waals surface area (Å²) >= 11 is 0. The predicted molar refractivity (Wildman–Crippen MR) is 216 cm³/mol. The monoisotopic (exact) mass is 664 g/mol. The lowest BCUT2D eigenvalue weighted by Gasteiger charge is -2.17. The number of fused-ring (bicyclic) bond motifs is 9. The average molecular weight is 665 g/mol. The van der Waals surface area contributed by atoms with Gasteiger partial charge in [0.25, 0.3) is 0 Å². The second-order valence-corrected chi connectivity index (χ2v) is 13.7. The highest BCUT2D eigenvalue weighted by molar-refractivity contribution is 6.24. The van der Waals surface area contributed by atoms with Crippen LogP contribution in [0.2, 0.25) is 0 Å². The van der Waals surface area contributed by atoms with Crippen LogP contribution in [0.1, 0.15) is 17.7 Å². The van der Waals surface area contributed by atoms with Crippen molar-refractivity contribution < 1.29 is 0 Å². The maximum atomic E-state index is 5.39. The predicted octanol–water partition coefficient (Wildman–Crippen LogP) is 12.1. The van der Waals surface area contributed by atoms with Crippen molar-refractivity contribution in [2.24, 2.45) is 0 Å². The quantitative estimate of drug-likeness (QED) is 0.188. The highest BCUT2D eigenvalue weighted by Gasteiger charge is 2.23. The van der Waals surface area contributed by atoms with Crippen molar-refractivity contribution in [2.45, 2.75) is 12.8 Å². The van der Waals surface area contributed by atoms with E-state index < -0.39 is 0 Å². The fraction of sp³-hybridized carbons (Fsp3) is 0.0417. The fourth-order valence-electron chi connectivity index (χ4n) is 8.49. The molecular formula is C48H32N4. The average Bonchev–Trinajstić information content (AvgIpc) is 3.73. The zero-order valence-corrected chi connectivity index (χ0v) is 28.4. The van der Waals surface area contributed by atoms with E-state index in [9.17, 15) is 0 Å². The first-order valence-corrected chi connectivity index (χ1v) is 18.0. The van der Waals surface area contributed by atoms with Crippen molar-refractivity contribution in [1.29, 1.82) is 0 Å². The van der Waals surface area contributed by atoms with Gasteiger partial charge in [-0.3, -0.25) is 4.57 Å². The molecule has 0 saturated carbocycles. The van der Waals surface area contributed by atoms with Gasteiger partial charge in [-0.15, -0.1) is 0 Å². The number of nitrogens with zero attached hydrogens (tertiary/aromatic N) is 4. The lowest BCUT2D eigenvalue weighted by molar-refractivity contribution is 0.877. The van der Waals surface area contributed by atoms with E-state index >= 15 is 0 Å². The summed E-state index contributed by atoms with van der Waals surface area (Å²) in [6.45, 7) is 0. The minimum atomic E-state index is 0.710. The summed E-state index contributed by atoms with van der Waals surface area (Å²) < 4.78 is 4.67. The van der Waals surface area contributed by atoms with Gasteiger partial charge in [0, 0.05) is 38.4 Å². The first-order valence-electron chi connectivity index (χ1n) is 18.0. The normalized spacial score (nSPS) is 12.8. The van der Waals surface area contributed by atoms with Crippen molar-refractivity contribution in [2.75, 3.05) is 0 Å². The van der Waals surface area contributed by atoms with Gasteiger partial charge in [-0.2, -0.15) is 0 Å². The largest absolute Gasteiger partial charge is 0.309 e. The Morgan fingerprint density at radius 1 is 0.462 bits per heavy atom. The molecule has 3 heterocycles. The van der Waals surface area contributed by atoms with E-state index in [1.807, 2.05) is 0 Å². The van der Waals surface area contributed by atoms with Gasteiger partial charge >= 0.3 is 0 Å². The number of hydrogen-bond acceptors (Lipinski definition) is 2. The molecule has 1 aliphatic rings. The summed E-state index contributed by atoms with van der Waals surface area (Å²) in [5.74, 6) is 0.710. The number of hydrogen-bond donors (Lipinski definition) is 0. The van der Waals surface area contributed by atoms with E-state index in [2.05, 4.69) is 179 Å². The third-order valence-electron chi connectivity index (χ3n) is 10.8. The molecule has 0 saturated heterocycles. The van der Waals surface area contributed by atoms with E-state index in [-0.39, 0.29) is 0 Å². The Labute approximate surface area is 300 Å². The Bertz CT molecular complexity index is 3060. The first kappa shape index (κ1) is 29.0. The van der Waals surface area contributed by atoms with Crippen LogP contribution in [0, 0.1) is 0 Å². The maximum absolute atomic E-state index is 5.39. The van der Waals surface area contributed by atoms with Gasteiger partial charge in [0.05, 0.1) is 33.5 Å². The molecule has 0 N–H and O–H groups in total. The molecule has 0 atom stereocenters. The Balaban J connectivity index is 1.22. The molecular weight excluding hydrogens is 633 g/mol. The number of aromatic nitrogens is 4. The Kier molecular flexibility index (Phi) is 6.34. The van der Waals surface area contributed by atoms with Gasteiger partial charge in [-0.25, -0.2) is 9.97 Å². The summed E-state index contributed by atoms with van der Waals surface area (Å²) in [6.07, 6.45) is 6.31. The second kappa shape index (κ2) is 11.4. The van der Waals surface area contributed by atoms with Crippen LogP contribution in [0.4, 0.5) is 0 Å². The van der Waals surface area contributed by atoms with Crippen molar-refractivity contribution >= 4 is 60.5 Å². The summed E-state index contributed by atoms with van der Waals surface area (Å²) in [5, 5.41) is 7.35. The second-order valence-electron chi connectivity index (χ2n) is 13.7. The van der Waals surface area contributed by atoms with E-state index in [1.165, 1.54) is 54.5 Å². The third-order valence-corrected chi connectivity index (χ3v) is 10.8. The van der Waals surface area contributed by atoms with Crippen molar-refractivity contribution in [1.82, 2.24) is 19.1 Å². The van der Waals surface area contributed by atoms with Crippen LogP contribution in [-0.4, -0.2) is 19.1 Å². The molecule has 4 heteroatoms. The zero-order chi connectivity index (χ0) is 34.2. The highest BCUT2D eigenvalue weighted by atomic mass is 15.2. The Hall–Kier alpha value is -6.78. The number of rotatable bonds is 4. The molecule has 0 fully saturated rings. The molecule has 0 aliphatic heterocycles. The van der Waals surface area contributed by atoms with Gasteiger partial charge in [-0.1, -0.05) is 127 Å². The van der Waals surface area contributed by atoms with Gasteiger partial charge in [0.15, 0.2) is 0 Å². The molecule has 0 spiro atoms. The SMILES string of the molecule is C1=Cc2c(nc(-n3c4ccccc4c4c5ccccc5c(-c5ccc6c(c5)c5ccccc5n6-c5ccccc5)cc43)nc2-c2ccccc2)CC1. The molecule has 7 aromatic carbocycles. The van der Waals surface area contributed by atoms with Crippen molar-refractivity contribution in [3.05, 3.63) is 175 Å². The van der Waals surface area contributed by atoms with Gasteiger partial charge in [-0.05, 0) is 77.2 Å². The molecule has 3 aromatic heterocycles. The molecule has 0 radical (unpaired) electrons. The van der Waals surface area contributed by atoms with Crippen molar-refractivity contribution in [3.63, 3.8) is 0 Å². The standard InChI is InChI=1S/C48H32N4/c1-3-15-31(16-4-1)47-37-22-9-12-24-41(37)49-48(50-47)52-43-26-14-11-23-38(43)46-36-21-8-7-19-34(36)39(30-45(46)52)32-27-28-44-40(29-32)35-20-10-13-25-42(35)51(44)33-17-5-2-6-18-33/h1-11,13-23,25-30H,12,24H2. The van der Waals surface area contributed by atoms with Gasteiger partial charge in [0.2, 0.25) is 5.95 Å². The molecule has 0 amide bonds. The van der Waals surface area contributed by atoms with E-state index in [4.69, 9.17) is 9.97 Å². The van der Waals surface area contributed by atoms with Gasteiger partial charge in [0.1, 0.15) is 0 Å². The molecule has 0 bridgehead atoms. The molecule has 1 aliphatic carbocycles. The number of allylic oxidation sites excluding steroid dienone is 1. The van der Waals surface area contributed by atoms with E-state index in [0.717, 1.165) is 52.1 Å². The minimum Gasteiger partial charge on any atom is -0.309 e. The molecule has 4 nitrogen and oxygen atoms in total. The van der Waals surface area contributed by atoms with Crippen LogP contribution < -0.4 is 0 Å². The van der Waals surface area contributed by atoms with Crippen LogP contribution in [0.25, 0.3) is 94.5 Å². The fourth-order valence-corrected chi connectivity index (χ4v) is 8.49. The molecule has 10 aromatic rings. The highest BCUT2D eigenvalue weighted by Crippen LogP contribution is 2.43. The number of para-hydroxylation sites is 3. The smallest absolute Gasteiger partial charge is 0.235 e. The molecule has 11 rings (SSSR count). The zero-order valence-electron chi connectivity index (χ0n) is 28.4. The lowest BCUT2D eigenvalue weighted by Crippen LogP contribution is -2.09. The number of benzene rings is 7. The molecule has 244 valence electrons. The van der Waals surface area contributed by atoms with Crippen LogP contribution in [0.3, 0.4) is 0 Å². The van der Waals surface area contributed by atoms with Crippen LogP contribution in [0.5, 0.6) is 0 Å². The summed E-state index contributed by atoms with van der Waals surface area (Å²) in [6, 6.07) is 56.8. The van der Waals surface area contributed by atoms with Crippen molar-refractivity contribution in [3.8, 4) is 34.0 Å². The van der Waals surface area contributed by atoms with Gasteiger partial charge < -0.3 is 4.57 Å². The summed E-state index contributed by atoms with van der Waals surface area (Å²) in [7, 11) is 0. The lowest BCUT2D eigenvalue weighted by atomic mass is 9.94. The topological polar surface area (TPSA) is 35.6 Å². The minimum absolute atomic E-state index is 0.710. The van der Waals surface area contributed by atoms with Crippen LogP contribution in [-0.2, 0) is 6.42 Å². The summed E-state index contributed by atoms with van der Waals surface area (Å²) in [4.78, 5) is 10.7. The number of aryl methyl sites for hydroxylation is 1.